The van der Waals surface area contributed by atoms with Gasteiger partial charge in [0, 0.05) is 16.8 Å². The lowest BCUT2D eigenvalue weighted by molar-refractivity contribution is 0.102. The van der Waals surface area contributed by atoms with E-state index < -0.39 is 0 Å². The summed E-state index contributed by atoms with van der Waals surface area (Å²) in [4.78, 5) is 13.0. The molecule has 0 bridgehead atoms. The number of carbonyl (C=O) groups excluding carboxylic acids is 1. The first-order chi connectivity index (χ1) is 14.8. The molecule has 0 spiro atoms. The van der Waals surface area contributed by atoms with E-state index in [1.165, 1.54) is 5.56 Å². The number of methoxy groups -OCH3 is 1. The summed E-state index contributed by atoms with van der Waals surface area (Å²) in [5, 5.41) is 3.06. The van der Waals surface area contributed by atoms with Crippen molar-refractivity contribution in [3.63, 3.8) is 0 Å². The molecule has 0 aromatic heterocycles. The minimum absolute atomic E-state index is 0.151. The lowest BCUT2D eigenvalue weighted by Crippen LogP contribution is -2.14. The molecule has 162 valence electrons. The third kappa shape index (κ3) is 5.26. The van der Waals surface area contributed by atoms with E-state index in [9.17, 15) is 4.79 Å². The molecule has 0 aliphatic carbocycles. The fourth-order valence-electron chi connectivity index (χ4n) is 3.84. The summed E-state index contributed by atoms with van der Waals surface area (Å²) in [6, 6.07) is 17.6. The monoisotopic (exact) mass is 417 g/mol. The highest BCUT2D eigenvalue weighted by Crippen LogP contribution is 2.29. The van der Waals surface area contributed by atoms with Crippen LogP contribution in [-0.4, -0.2) is 13.0 Å². The van der Waals surface area contributed by atoms with E-state index in [0.29, 0.717) is 23.8 Å². The molecule has 4 heteroatoms. The van der Waals surface area contributed by atoms with E-state index in [0.717, 1.165) is 33.7 Å². The number of para-hydroxylation sites is 1. The minimum atomic E-state index is -0.151. The largest absolute Gasteiger partial charge is 0.496 e. The number of benzene rings is 3. The van der Waals surface area contributed by atoms with Crippen LogP contribution in [0.4, 0.5) is 5.69 Å². The summed E-state index contributed by atoms with van der Waals surface area (Å²) in [5.41, 5.74) is 6.68. The Morgan fingerprint density at radius 3 is 2.26 bits per heavy atom. The summed E-state index contributed by atoms with van der Waals surface area (Å²) >= 11 is 0. The fourth-order valence-corrected chi connectivity index (χ4v) is 3.84. The van der Waals surface area contributed by atoms with Gasteiger partial charge in [0.25, 0.3) is 5.91 Å². The number of ether oxygens (including phenoxy) is 2. The van der Waals surface area contributed by atoms with Crippen LogP contribution in [-0.2, 0) is 6.61 Å². The zero-order chi connectivity index (χ0) is 22.5. The van der Waals surface area contributed by atoms with E-state index in [1.807, 2.05) is 44.2 Å². The van der Waals surface area contributed by atoms with E-state index >= 15 is 0 Å². The zero-order valence-corrected chi connectivity index (χ0v) is 19.2. The van der Waals surface area contributed by atoms with Crippen LogP contribution in [0, 0.1) is 20.8 Å². The van der Waals surface area contributed by atoms with Crippen molar-refractivity contribution in [2.75, 3.05) is 12.4 Å². The third-order valence-corrected chi connectivity index (χ3v) is 5.38. The maximum absolute atomic E-state index is 13.0. The van der Waals surface area contributed by atoms with E-state index in [4.69, 9.17) is 9.47 Å². The topological polar surface area (TPSA) is 47.6 Å². The lowest BCUT2D eigenvalue weighted by Gasteiger charge is -2.16. The number of hydrogen-bond acceptors (Lipinski definition) is 3. The van der Waals surface area contributed by atoms with Crippen LogP contribution < -0.4 is 14.8 Å². The van der Waals surface area contributed by atoms with Gasteiger partial charge in [-0.25, -0.2) is 0 Å². The Balaban J connectivity index is 1.83. The maximum Gasteiger partial charge on any atom is 0.255 e. The maximum atomic E-state index is 13.0. The van der Waals surface area contributed by atoms with Gasteiger partial charge in [-0.15, -0.1) is 0 Å². The van der Waals surface area contributed by atoms with Crippen molar-refractivity contribution in [3.8, 4) is 11.5 Å². The van der Waals surface area contributed by atoms with Crippen molar-refractivity contribution >= 4 is 11.6 Å². The molecule has 4 nitrogen and oxygen atoms in total. The molecule has 3 aromatic carbocycles. The van der Waals surface area contributed by atoms with Gasteiger partial charge in [0.15, 0.2) is 0 Å². The van der Waals surface area contributed by atoms with Crippen LogP contribution in [0.5, 0.6) is 11.5 Å². The predicted molar refractivity (Wildman–Crippen MR) is 126 cm³/mol. The first kappa shape index (κ1) is 22.4. The zero-order valence-electron chi connectivity index (χ0n) is 19.2. The van der Waals surface area contributed by atoms with Crippen molar-refractivity contribution in [1.82, 2.24) is 0 Å². The highest BCUT2D eigenvalue weighted by molar-refractivity contribution is 6.05. The molecule has 3 rings (SSSR count). The smallest absolute Gasteiger partial charge is 0.255 e. The molecular weight excluding hydrogens is 386 g/mol. The van der Waals surface area contributed by atoms with Gasteiger partial charge in [-0.2, -0.15) is 0 Å². The summed E-state index contributed by atoms with van der Waals surface area (Å²) in [5.74, 6) is 1.75. The van der Waals surface area contributed by atoms with Crippen molar-refractivity contribution in [2.24, 2.45) is 0 Å². The SMILES string of the molecule is COc1ccc(C(=O)Nc2c(C)cc(C)cc2C)cc1COc1ccccc1C(C)C. The molecule has 0 heterocycles. The highest BCUT2D eigenvalue weighted by atomic mass is 16.5. The number of hydrogen-bond donors (Lipinski definition) is 1. The van der Waals surface area contributed by atoms with Crippen LogP contribution in [0.25, 0.3) is 0 Å². The van der Waals surface area contributed by atoms with Crippen molar-refractivity contribution < 1.29 is 14.3 Å². The second-order valence-electron chi connectivity index (χ2n) is 8.24. The molecule has 0 aliphatic rings. The van der Waals surface area contributed by atoms with Crippen LogP contribution in [0.1, 0.15) is 57.9 Å². The van der Waals surface area contributed by atoms with Gasteiger partial charge < -0.3 is 14.8 Å². The van der Waals surface area contributed by atoms with Gasteiger partial charge in [0.05, 0.1) is 7.11 Å². The first-order valence-corrected chi connectivity index (χ1v) is 10.6. The van der Waals surface area contributed by atoms with Crippen molar-refractivity contribution in [1.29, 1.82) is 0 Å². The molecule has 0 radical (unpaired) electrons. The summed E-state index contributed by atoms with van der Waals surface area (Å²) in [6.07, 6.45) is 0. The van der Waals surface area contributed by atoms with Crippen LogP contribution in [0.3, 0.4) is 0 Å². The Bertz CT molecular complexity index is 1060. The van der Waals surface area contributed by atoms with E-state index in [1.54, 1.807) is 13.2 Å². The average molecular weight is 418 g/mol. The molecule has 0 fully saturated rings. The van der Waals surface area contributed by atoms with Gasteiger partial charge in [-0.1, -0.05) is 49.7 Å². The molecule has 1 amide bonds. The average Bonchev–Trinajstić information content (AvgIpc) is 2.74. The Morgan fingerprint density at radius 2 is 1.61 bits per heavy atom. The van der Waals surface area contributed by atoms with Gasteiger partial charge in [0.1, 0.15) is 18.1 Å². The molecule has 0 aliphatic heterocycles. The van der Waals surface area contributed by atoms with E-state index in [2.05, 4.69) is 44.3 Å². The summed E-state index contributed by atoms with van der Waals surface area (Å²) < 4.78 is 11.6. The molecule has 0 atom stereocenters. The molecule has 1 N–H and O–H groups in total. The van der Waals surface area contributed by atoms with Gasteiger partial charge in [-0.3, -0.25) is 4.79 Å². The fraction of sp³-hybridized carbons (Fsp3) is 0.296. The molecule has 3 aromatic rings. The van der Waals surface area contributed by atoms with E-state index in [-0.39, 0.29) is 5.91 Å². The Labute approximate surface area is 185 Å². The number of aryl methyl sites for hydroxylation is 3. The van der Waals surface area contributed by atoms with Gasteiger partial charge in [0.2, 0.25) is 0 Å². The van der Waals surface area contributed by atoms with Gasteiger partial charge >= 0.3 is 0 Å². The molecule has 0 saturated carbocycles. The Hall–Kier alpha value is -3.27. The third-order valence-electron chi connectivity index (χ3n) is 5.38. The van der Waals surface area contributed by atoms with Crippen LogP contribution >= 0.6 is 0 Å². The lowest BCUT2D eigenvalue weighted by atomic mass is 10.0. The van der Waals surface area contributed by atoms with Crippen molar-refractivity contribution in [2.45, 2.75) is 47.1 Å². The standard InChI is InChI=1S/C27H31NO3/c1-17(2)23-9-7-8-10-25(23)31-16-22-15-21(11-12-24(22)30-6)27(29)28-26-19(4)13-18(3)14-20(26)5/h7-15,17H,16H2,1-6H3,(H,28,29). The quantitative estimate of drug-likeness (QED) is 0.473. The molecular formula is C27H31NO3. The molecule has 31 heavy (non-hydrogen) atoms. The number of carbonyl (C=O) groups is 1. The minimum Gasteiger partial charge on any atom is -0.496 e. The Morgan fingerprint density at radius 1 is 0.935 bits per heavy atom. The number of rotatable bonds is 7. The number of anilines is 1. The second kappa shape index (κ2) is 9.69. The van der Waals surface area contributed by atoms with Gasteiger partial charge in [-0.05, 0) is 67.6 Å². The second-order valence-corrected chi connectivity index (χ2v) is 8.24. The van der Waals surface area contributed by atoms with Crippen LogP contribution in [0.2, 0.25) is 0 Å². The highest BCUT2D eigenvalue weighted by Gasteiger charge is 2.14. The first-order valence-electron chi connectivity index (χ1n) is 10.6. The van der Waals surface area contributed by atoms with Crippen LogP contribution in [0.15, 0.2) is 54.6 Å². The van der Waals surface area contributed by atoms with Crippen molar-refractivity contribution in [3.05, 3.63) is 88.0 Å². The Kier molecular flexibility index (Phi) is 7.01. The summed E-state index contributed by atoms with van der Waals surface area (Å²) in [6.45, 7) is 10.7. The normalized spacial score (nSPS) is 10.8. The number of nitrogens with one attached hydrogen (secondary N) is 1. The number of amides is 1. The molecule has 0 unspecified atom stereocenters. The predicted octanol–water partition coefficient (Wildman–Crippen LogP) is 6.58. The molecule has 0 saturated heterocycles. The summed E-state index contributed by atoms with van der Waals surface area (Å²) in [7, 11) is 1.62.